The lowest BCUT2D eigenvalue weighted by atomic mass is 9.98. The number of hydrogen-bond acceptors (Lipinski definition) is 5. The van der Waals surface area contributed by atoms with Crippen molar-refractivity contribution in [1.29, 1.82) is 0 Å². The Morgan fingerprint density at radius 3 is 2.68 bits per heavy atom. The predicted molar refractivity (Wildman–Crippen MR) is 91.5 cm³/mol. The fourth-order valence-electron chi connectivity index (χ4n) is 3.07. The van der Waals surface area contributed by atoms with Crippen molar-refractivity contribution in [2.24, 2.45) is 0 Å². The molecule has 2 atom stereocenters. The number of aliphatic carboxylic acids is 1. The summed E-state index contributed by atoms with van der Waals surface area (Å²) in [6.45, 7) is 1.68. The molecule has 2 aliphatic rings. The van der Waals surface area contributed by atoms with Crippen LogP contribution in [-0.4, -0.2) is 51.8 Å². The molecular weight excluding hydrogens is 344 g/mol. The molecular formula is C17H18N2O5S. The van der Waals surface area contributed by atoms with Crippen LogP contribution >= 0.6 is 11.8 Å². The van der Waals surface area contributed by atoms with Crippen molar-refractivity contribution in [3.8, 4) is 0 Å². The largest absolute Gasteiger partial charge is 0.477 e. The van der Waals surface area contributed by atoms with Gasteiger partial charge >= 0.3 is 5.97 Å². The normalized spacial score (nSPS) is 25.3. The molecule has 0 bridgehead atoms. The molecule has 1 aromatic rings. The van der Waals surface area contributed by atoms with E-state index in [1.807, 2.05) is 30.3 Å². The minimum absolute atomic E-state index is 0.0290. The number of fused-ring (bicyclic) bond motifs is 1. The zero-order valence-corrected chi connectivity index (χ0v) is 14.6. The lowest BCUT2D eigenvalue weighted by Crippen LogP contribution is -2.80. The van der Waals surface area contributed by atoms with Crippen molar-refractivity contribution in [3.05, 3.63) is 47.2 Å². The number of thioether (sulfide) groups is 1. The Balaban J connectivity index is 1.80. The third-order valence-electron chi connectivity index (χ3n) is 4.28. The molecule has 3 rings (SSSR count). The zero-order valence-electron chi connectivity index (χ0n) is 13.8. The molecule has 2 N–H and O–H groups in total. The molecule has 0 aromatic heterocycles. The summed E-state index contributed by atoms with van der Waals surface area (Å²) in [4.78, 5) is 37.7. The number of carbonyl (C=O) groups is 3. The maximum atomic E-state index is 12.7. The Morgan fingerprint density at radius 2 is 2.08 bits per heavy atom. The van der Waals surface area contributed by atoms with Crippen LogP contribution in [0.5, 0.6) is 0 Å². The van der Waals surface area contributed by atoms with Crippen molar-refractivity contribution in [2.45, 2.75) is 24.4 Å². The molecule has 7 nitrogen and oxygen atoms in total. The van der Waals surface area contributed by atoms with Crippen LogP contribution in [0.3, 0.4) is 0 Å². The van der Waals surface area contributed by atoms with Gasteiger partial charge in [-0.2, -0.15) is 0 Å². The van der Waals surface area contributed by atoms with Gasteiger partial charge in [-0.3, -0.25) is 14.5 Å². The van der Waals surface area contributed by atoms with Gasteiger partial charge in [-0.25, -0.2) is 4.79 Å². The first-order chi connectivity index (χ1) is 11.9. The molecule has 132 valence electrons. The third-order valence-corrected chi connectivity index (χ3v) is 5.74. The highest BCUT2D eigenvalue weighted by Gasteiger charge is 2.66. The quantitative estimate of drug-likeness (QED) is 0.598. The van der Waals surface area contributed by atoms with Crippen LogP contribution in [0.15, 0.2) is 41.6 Å². The molecule has 8 heteroatoms. The minimum atomic E-state index is -1.53. The molecule has 25 heavy (non-hydrogen) atoms. The van der Waals surface area contributed by atoms with Gasteiger partial charge in [0, 0.05) is 12.9 Å². The van der Waals surface area contributed by atoms with E-state index in [9.17, 15) is 19.5 Å². The van der Waals surface area contributed by atoms with E-state index < -0.39 is 23.0 Å². The summed E-state index contributed by atoms with van der Waals surface area (Å²) in [7, 11) is 1.34. The highest BCUT2D eigenvalue weighted by Crippen LogP contribution is 2.46. The molecule has 0 unspecified atom stereocenters. The van der Waals surface area contributed by atoms with Gasteiger partial charge in [0.25, 0.3) is 11.6 Å². The van der Waals surface area contributed by atoms with E-state index in [1.54, 1.807) is 6.92 Å². The molecule has 0 spiro atoms. The fraction of sp³-hybridized carbons (Fsp3) is 0.353. The predicted octanol–water partition coefficient (Wildman–Crippen LogP) is 0.962. The number of amides is 2. The van der Waals surface area contributed by atoms with Crippen LogP contribution in [-0.2, 0) is 25.5 Å². The smallest absolute Gasteiger partial charge is 0.352 e. The average Bonchev–Trinajstić information content (AvgIpc) is 2.59. The van der Waals surface area contributed by atoms with Crippen LogP contribution in [0, 0.1) is 0 Å². The molecule has 2 heterocycles. The Labute approximate surface area is 149 Å². The number of β-lactam (4-membered cyclic amide) rings is 1. The first-order valence-corrected chi connectivity index (χ1v) is 8.74. The van der Waals surface area contributed by atoms with Crippen molar-refractivity contribution in [2.75, 3.05) is 12.9 Å². The van der Waals surface area contributed by atoms with Crippen molar-refractivity contribution in [3.63, 3.8) is 0 Å². The third kappa shape index (κ3) is 2.81. The summed E-state index contributed by atoms with van der Waals surface area (Å²) < 4.78 is 5.37. The van der Waals surface area contributed by atoms with Crippen LogP contribution in [0.1, 0.15) is 12.5 Å². The lowest BCUT2D eigenvalue weighted by Gasteiger charge is -2.55. The second-order valence-electron chi connectivity index (χ2n) is 5.92. The molecule has 0 aliphatic carbocycles. The Hall–Kier alpha value is -2.32. The monoisotopic (exact) mass is 362 g/mol. The Morgan fingerprint density at radius 1 is 1.40 bits per heavy atom. The Bertz CT molecular complexity index is 764. The maximum Gasteiger partial charge on any atom is 0.352 e. The van der Waals surface area contributed by atoms with E-state index in [-0.39, 0.29) is 18.0 Å². The van der Waals surface area contributed by atoms with Gasteiger partial charge in [-0.1, -0.05) is 30.3 Å². The average molecular weight is 362 g/mol. The second kappa shape index (κ2) is 6.53. The topological polar surface area (TPSA) is 95.9 Å². The number of ether oxygens (including phenoxy) is 1. The number of hydrogen-bond donors (Lipinski definition) is 2. The molecule has 1 fully saturated rings. The number of nitrogens with zero attached hydrogens (tertiary/aromatic N) is 1. The van der Waals surface area contributed by atoms with Gasteiger partial charge in [0.2, 0.25) is 5.91 Å². The van der Waals surface area contributed by atoms with E-state index in [2.05, 4.69) is 5.32 Å². The SMILES string of the molecule is CO[C@@]1(NC(=O)Cc2ccccc2)C(=O)N2C(C(=O)O)=C(C)CS[C@H]21. The highest BCUT2D eigenvalue weighted by atomic mass is 32.2. The van der Waals surface area contributed by atoms with E-state index in [0.717, 1.165) is 5.56 Å². The fourth-order valence-corrected chi connectivity index (χ4v) is 4.45. The highest BCUT2D eigenvalue weighted by molar-refractivity contribution is 8.00. The van der Waals surface area contributed by atoms with Crippen molar-refractivity contribution < 1.29 is 24.2 Å². The molecule has 0 saturated carbocycles. The van der Waals surface area contributed by atoms with Gasteiger partial charge in [0.05, 0.1) is 6.42 Å². The first-order valence-electron chi connectivity index (χ1n) is 7.69. The molecule has 1 saturated heterocycles. The van der Waals surface area contributed by atoms with E-state index in [1.165, 1.54) is 23.8 Å². The number of carboxylic acids is 1. The summed E-state index contributed by atoms with van der Waals surface area (Å²) >= 11 is 1.37. The van der Waals surface area contributed by atoms with Gasteiger partial charge in [-0.15, -0.1) is 11.8 Å². The van der Waals surface area contributed by atoms with Crippen LogP contribution in [0.2, 0.25) is 0 Å². The number of methoxy groups -OCH3 is 1. The van der Waals surface area contributed by atoms with Gasteiger partial charge in [0.15, 0.2) is 0 Å². The van der Waals surface area contributed by atoms with E-state index >= 15 is 0 Å². The molecule has 1 aromatic carbocycles. The number of benzene rings is 1. The summed E-state index contributed by atoms with van der Waals surface area (Å²) in [5.74, 6) is -1.62. The van der Waals surface area contributed by atoms with Gasteiger partial charge in [-0.05, 0) is 18.1 Å². The number of rotatable bonds is 5. The van der Waals surface area contributed by atoms with Crippen LogP contribution in [0.4, 0.5) is 0 Å². The summed E-state index contributed by atoms with van der Waals surface area (Å²) in [5, 5.41) is 11.4. The van der Waals surface area contributed by atoms with E-state index in [0.29, 0.717) is 11.3 Å². The second-order valence-corrected chi connectivity index (χ2v) is 6.99. The molecule has 2 aliphatic heterocycles. The van der Waals surface area contributed by atoms with Crippen molar-refractivity contribution in [1.82, 2.24) is 10.2 Å². The van der Waals surface area contributed by atoms with Crippen LogP contribution in [0.25, 0.3) is 0 Å². The molecule has 0 radical (unpaired) electrons. The summed E-state index contributed by atoms with van der Waals surface area (Å²) in [5.41, 5.74) is -0.132. The van der Waals surface area contributed by atoms with Crippen molar-refractivity contribution >= 4 is 29.5 Å². The first kappa shape index (κ1) is 17.5. The molecule has 2 amide bonds. The summed E-state index contributed by atoms with van der Waals surface area (Å²) in [6, 6.07) is 9.14. The maximum absolute atomic E-state index is 12.7. The van der Waals surface area contributed by atoms with Gasteiger partial charge < -0.3 is 15.2 Å². The lowest BCUT2D eigenvalue weighted by molar-refractivity contribution is -0.192. The minimum Gasteiger partial charge on any atom is -0.477 e. The number of carbonyl (C=O) groups excluding carboxylic acids is 2. The van der Waals surface area contributed by atoms with Crippen LogP contribution < -0.4 is 5.32 Å². The summed E-state index contributed by atoms with van der Waals surface area (Å²) in [6.07, 6.45) is 0.108. The zero-order chi connectivity index (χ0) is 18.2. The standard InChI is InChI=1S/C17H18N2O5S/c1-10-9-25-16-17(24-2,15(23)19(16)13(10)14(21)22)18-12(20)8-11-6-4-3-5-7-11/h3-7,16H,8-9H2,1-2H3,(H,18,20)(H,21,22)/t16-,17-/m0/s1. The van der Waals surface area contributed by atoms with Gasteiger partial charge in [0.1, 0.15) is 11.1 Å². The van der Waals surface area contributed by atoms with E-state index in [4.69, 9.17) is 4.74 Å². The number of carboxylic acid groups (broad SMARTS) is 1. The number of nitrogens with one attached hydrogen (secondary N) is 1. The Kier molecular flexibility index (Phi) is 4.57.